The molecule has 0 fully saturated rings. The lowest BCUT2D eigenvalue weighted by atomic mass is 10.8. The standard InChI is InChI=1S/C6H10N2.ClH.H3N/c1-3-8-5-4-7(2)6-8;;/h3-5H,1,6H2,2H3;1H;1H3. The summed E-state index contributed by atoms with van der Waals surface area (Å²) in [6.07, 6.45) is 5.81. The summed E-state index contributed by atoms with van der Waals surface area (Å²) in [5, 5.41) is 0. The monoisotopic (exact) mass is 163 g/mol. The molecule has 60 valence electrons. The fourth-order valence-corrected chi connectivity index (χ4v) is 0.670. The van der Waals surface area contributed by atoms with E-state index >= 15 is 0 Å². The number of nitrogens with zero attached hydrogens (tertiary/aromatic N) is 2. The van der Waals surface area contributed by atoms with E-state index in [-0.39, 0.29) is 18.6 Å². The van der Waals surface area contributed by atoms with Crippen molar-refractivity contribution in [1.82, 2.24) is 16.0 Å². The summed E-state index contributed by atoms with van der Waals surface area (Å²) in [5.41, 5.74) is 0. The number of hydrogen-bond acceptors (Lipinski definition) is 3. The van der Waals surface area contributed by atoms with Crippen LogP contribution in [0.1, 0.15) is 0 Å². The van der Waals surface area contributed by atoms with Crippen LogP contribution in [-0.4, -0.2) is 23.5 Å². The van der Waals surface area contributed by atoms with Crippen molar-refractivity contribution in [2.75, 3.05) is 13.7 Å². The molecule has 0 spiro atoms. The molecule has 10 heavy (non-hydrogen) atoms. The van der Waals surface area contributed by atoms with Crippen LogP contribution in [0.5, 0.6) is 0 Å². The third-order valence-electron chi connectivity index (χ3n) is 1.13. The van der Waals surface area contributed by atoms with Crippen LogP contribution in [0, 0.1) is 0 Å². The van der Waals surface area contributed by atoms with Crippen LogP contribution >= 0.6 is 12.4 Å². The Balaban J connectivity index is 0. The van der Waals surface area contributed by atoms with Crippen molar-refractivity contribution < 1.29 is 0 Å². The van der Waals surface area contributed by atoms with Gasteiger partial charge in [0.1, 0.15) is 0 Å². The van der Waals surface area contributed by atoms with E-state index in [4.69, 9.17) is 0 Å². The zero-order valence-corrected chi connectivity index (χ0v) is 6.97. The lowest BCUT2D eigenvalue weighted by molar-refractivity contribution is 0.364. The topological polar surface area (TPSA) is 41.5 Å². The molecule has 0 bridgehead atoms. The highest BCUT2D eigenvalue weighted by Gasteiger charge is 2.01. The van der Waals surface area contributed by atoms with Gasteiger partial charge in [0.05, 0.1) is 6.67 Å². The average molecular weight is 164 g/mol. The van der Waals surface area contributed by atoms with Gasteiger partial charge in [0.2, 0.25) is 0 Å². The lowest BCUT2D eigenvalue weighted by Gasteiger charge is -2.11. The van der Waals surface area contributed by atoms with Crippen LogP contribution in [0.4, 0.5) is 0 Å². The van der Waals surface area contributed by atoms with E-state index in [1.54, 1.807) is 6.20 Å². The molecule has 0 atom stereocenters. The minimum atomic E-state index is 0. The summed E-state index contributed by atoms with van der Waals surface area (Å²) in [5.74, 6) is 0. The van der Waals surface area contributed by atoms with Gasteiger partial charge in [0.25, 0.3) is 0 Å². The SMILES string of the molecule is C=CN1C=CN(C)C1.Cl.N. The van der Waals surface area contributed by atoms with Crippen LogP contribution in [0.15, 0.2) is 25.2 Å². The van der Waals surface area contributed by atoms with E-state index in [1.165, 1.54) is 0 Å². The first-order chi connectivity index (χ1) is 3.83. The van der Waals surface area contributed by atoms with Gasteiger partial charge in [-0.2, -0.15) is 0 Å². The van der Waals surface area contributed by atoms with E-state index in [1.807, 2.05) is 24.3 Å². The number of hydrogen-bond donors (Lipinski definition) is 1. The van der Waals surface area contributed by atoms with Gasteiger partial charge in [-0.05, 0) is 6.20 Å². The van der Waals surface area contributed by atoms with Crippen molar-refractivity contribution in [2.24, 2.45) is 0 Å². The molecule has 0 saturated heterocycles. The second-order valence-electron chi connectivity index (χ2n) is 1.89. The van der Waals surface area contributed by atoms with E-state index in [0.717, 1.165) is 6.67 Å². The van der Waals surface area contributed by atoms with Gasteiger partial charge in [0.15, 0.2) is 0 Å². The van der Waals surface area contributed by atoms with Crippen LogP contribution in [0.25, 0.3) is 0 Å². The van der Waals surface area contributed by atoms with Crippen molar-refractivity contribution in [3.8, 4) is 0 Å². The van der Waals surface area contributed by atoms with Crippen molar-refractivity contribution in [2.45, 2.75) is 0 Å². The predicted octanol–water partition coefficient (Wildman–Crippen LogP) is 1.39. The molecule has 0 unspecified atom stereocenters. The van der Waals surface area contributed by atoms with Crippen molar-refractivity contribution in [3.05, 3.63) is 25.2 Å². The second kappa shape index (κ2) is 5.14. The average Bonchev–Trinajstić information content (AvgIpc) is 2.14. The fraction of sp³-hybridized carbons (Fsp3) is 0.333. The first-order valence-electron chi connectivity index (χ1n) is 2.60. The minimum absolute atomic E-state index is 0. The quantitative estimate of drug-likeness (QED) is 0.635. The van der Waals surface area contributed by atoms with E-state index in [0.29, 0.717) is 0 Å². The van der Waals surface area contributed by atoms with E-state index < -0.39 is 0 Å². The maximum Gasteiger partial charge on any atom is 0.0932 e. The number of halogens is 1. The normalized spacial score (nSPS) is 14.1. The van der Waals surface area contributed by atoms with Crippen LogP contribution in [-0.2, 0) is 0 Å². The van der Waals surface area contributed by atoms with Crippen LogP contribution in [0.2, 0.25) is 0 Å². The second-order valence-corrected chi connectivity index (χ2v) is 1.89. The molecule has 1 aliphatic heterocycles. The minimum Gasteiger partial charge on any atom is -0.361 e. The Morgan fingerprint density at radius 3 is 2.30 bits per heavy atom. The smallest absolute Gasteiger partial charge is 0.0932 e. The summed E-state index contributed by atoms with van der Waals surface area (Å²) in [6.45, 7) is 4.56. The maximum atomic E-state index is 3.63. The van der Waals surface area contributed by atoms with Gasteiger partial charge in [-0.1, -0.05) is 6.58 Å². The zero-order chi connectivity index (χ0) is 5.98. The van der Waals surface area contributed by atoms with Crippen LogP contribution < -0.4 is 6.15 Å². The summed E-state index contributed by atoms with van der Waals surface area (Å²) in [7, 11) is 2.03. The molecule has 0 saturated carbocycles. The first-order valence-corrected chi connectivity index (χ1v) is 2.60. The van der Waals surface area contributed by atoms with Crippen molar-refractivity contribution in [3.63, 3.8) is 0 Å². The third-order valence-corrected chi connectivity index (χ3v) is 1.13. The highest BCUT2D eigenvalue weighted by atomic mass is 35.5. The summed E-state index contributed by atoms with van der Waals surface area (Å²) in [6, 6.07) is 0. The predicted molar refractivity (Wildman–Crippen MR) is 46.1 cm³/mol. The zero-order valence-electron chi connectivity index (χ0n) is 6.16. The van der Waals surface area contributed by atoms with Gasteiger partial charge in [-0.3, -0.25) is 0 Å². The number of rotatable bonds is 1. The molecular formula is C6H14ClN3. The Labute approximate surface area is 68.0 Å². The molecule has 1 heterocycles. The van der Waals surface area contributed by atoms with Crippen molar-refractivity contribution >= 4 is 12.4 Å². The molecule has 0 aromatic rings. The van der Waals surface area contributed by atoms with Gasteiger partial charge in [0, 0.05) is 19.4 Å². The first kappa shape index (κ1) is 12.0. The van der Waals surface area contributed by atoms with E-state index in [9.17, 15) is 0 Å². The molecular weight excluding hydrogens is 150 g/mol. The highest BCUT2D eigenvalue weighted by Crippen LogP contribution is 2.01. The Morgan fingerprint density at radius 1 is 1.50 bits per heavy atom. The Bertz CT molecular complexity index is 124. The Kier molecular flexibility index (Phi) is 6.20. The van der Waals surface area contributed by atoms with Gasteiger partial charge in [-0.25, -0.2) is 0 Å². The maximum absolute atomic E-state index is 3.63. The summed E-state index contributed by atoms with van der Waals surface area (Å²) >= 11 is 0. The molecule has 0 amide bonds. The molecule has 1 rings (SSSR count). The van der Waals surface area contributed by atoms with Gasteiger partial charge >= 0.3 is 0 Å². The van der Waals surface area contributed by atoms with Crippen LogP contribution in [0.3, 0.4) is 0 Å². The molecule has 0 radical (unpaired) electrons. The molecule has 3 N–H and O–H groups in total. The fourth-order valence-electron chi connectivity index (χ4n) is 0.670. The van der Waals surface area contributed by atoms with Crippen molar-refractivity contribution in [1.29, 1.82) is 0 Å². The highest BCUT2D eigenvalue weighted by molar-refractivity contribution is 5.85. The molecule has 3 nitrogen and oxygen atoms in total. The lowest BCUT2D eigenvalue weighted by Crippen LogP contribution is -2.16. The molecule has 0 aliphatic carbocycles. The largest absolute Gasteiger partial charge is 0.361 e. The summed E-state index contributed by atoms with van der Waals surface area (Å²) < 4.78 is 0. The van der Waals surface area contributed by atoms with Gasteiger partial charge in [-0.15, -0.1) is 12.4 Å². The Hall–Kier alpha value is -0.670. The van der Waals surface area contributed by atoms with E-state index in [2.05, 4.69) is 11.5 Å². The third kappa shape index (κ3) is 2.75. The molecule has 4 heteroatoms. The Morgan fingerprint density at radius 2 is 2.10 bits per heavy atom. The molecule has 0 aromatic carbocycles. The van der Waals surface area contributed by atoms with Gasteiger partial charge < -0.3 is 16.0 Å². The molecule has 0 aromatic heterocycles. The molecule has 1 aliphatic rings. The summed E-state index contributed by atoms with van der Waals surface area (Å²) in [4.78, 5) is 4.10.